The van der Waals surface area contributed by atoms with Gasteiger partial charge in [-0.05, 0) is 37.5 Å². The van der Waals surface area contributed by atoms with Gasteiger partial charge >= 0.3 is 0 Å². The van der Waals surface area contributed by atoms with Gasteiger partial charge in [0.25, 0.3) is 0 Å². The van der Waals surface area contributed by atoms with Crippen LogP contribution >= 0.6 is 0 Å². The maximum absolute atomic E-state index is 12.2. The summed E-state index contributed by atoms with van der Waals surface area (Å²) in [7, 11) is 0. The van der Waals surface area contributed by atoms with Crippen LogP contribution in [-0.2, 0) is 4.79 Å². The van der Waals surface area contributed by atoms with Crippen LogP contribution in [0.1, 0.15) is 51.9 Å². The predicted molar refractivity (Wildman–Crippen MR) is 72.2 cm³/mol. The second-order valence-electron chi connectivity index (χ2n) is 6.66. The van der Waals surface area contributed by atoms with Crippen LogP contribution < -0.4 is 10.6 Å². The van der Waals surface area contributed by atoms with Gasteiger partial charge in [0.05, 0.1) is 5.92 Å². The average molecular weight is 250 g/mol. The number of nitrogens with one attached hydrogen (secondary N) is 2. The van der Waals surface area contributed by atoms with E-state index in [9.17, 15) is 4.79 Å². The summed E-state index contributed by atoms with van der Waals surface area (Å²) in [6, 6.07) is 1.10. The molecule has 0 aromatic carbocycles. The molecule has 5 atom stereocenters. The first kappa shape index (κ1) is 12.5. The van der Waals surface area contributed by atoms with Crippen molar-refractivity contribution in [3.05, 3.63) is 0 Å². The molecule has 2 heterocycles. The highest BCUT2D eigenvalue weighted by molar-refractivity contribution is 5.80. The van der Waals surface area contributed by atoms with Gasteiger partial charge in [0.2, 0.25) is 5.91 Å². The van der Waals surface area contributed by atoms with E-state index in [1.54, 1.807) is 0 Å². The minimum atomic E-state index is 0.252. The normalized spacial score (nSPS) is 43.1. The van der Waals surface area contributed by atoms with Crippen molar-refractivity contribution < 1.29 is 4.79 Å². The van der Waals surface area contributed by atoms with Crippen LogP contribution in [0, 0.1) is 17.8 Å². The molecule has 2 N–H and O–H groups in total. The Bertz CT molecular complexity index is 318. The van der Waals surface area contributed by atoms with Crippen LogP contribution in [0.5, 0.6) is 0 Å². The number of rotatable bonds is 3. The Hall–Kier alpha value is -0.570. The van der Waals surface area contributed by atoms with E-state index in [1.807, 2.05) is 0 Å². The van der Waals surface area contributed by atoms with Crippen molar-refractivity contribution in [1.82, 2.24) is 10.6 Å². The molecule has 102 valence electrons. The van der Waals surface area contributed by atoms with Crippen molar-refractivity contribution in [2.75, 3.05) is 6.54 Å². The maximum atomic E-state index is 12.2. The molecule has 3 aliphatic rings. The molecule has 0 aromatic rings. The van der Waals surface area contributed by atoms with Gasteiger partial charge in [-0.25, -0.2) is 0 Å². The quantitative estimate of drug-likeness (QED) is 0.805. The van der Waals surface area contributed by atoms with Crippen LogP contribution in [0.25, 0.3) is 0 Å². The largest absolute Gasteiger partial charge is 0.356 e. The molecular weight excluding hydrogens is 224 g/mol. The molecule has 2 bridgehead atoms. The first-order valence-electron chi connectivity index (χ1n) is 7.78. The van der Waals surface area contributed by atoms with Gasteiger partial charge in [-0.1, -0.05) is 26.2 Å². The van der Waals surface area contributed by atoms with E-state index < -0.39 is 0 Å². The lowest BCUT2D eigenvalue weighted by atomic mass is 9.80. The number of carbonyl (C=O) groups is 1. The molecule has 0 radical (unpaired) electrons. The second-order valence-corrected chi connectivity index (χ2v) is 6.66. The molecule has 1 aliphatic carbocycles. The van der Waals surface area contributed by atoms with Crippen molar-refractivity contribution in [3.8, 4) is 0 Å². The third-order valence-corrected chi connectivity index (χ3v) is 5.46. The molecule has 2 saturated heterocycles. The first-order chi connectivity index (χ1) is 8.74. The molecule has 1 saturated carbocycles. The van der Waals surface area contributed by atoms with Crippen molar-refractivity contribution in [2.24, 2.45) is 17.8 Å². The average Bonchev–Trinajstić information content (AvgIpc) is 2.99. The molecular formula is C15H26N2O. The van der Waals surface area contributed by atoms with E-state index in [2.05, 4.69) is 17.6 Å². The van der Waals surface area contributed by atoms with Crippen molar-refractivity contribution in [1.29, 1.82) is 0 Å². The lowest BCUT2D eigenvalue weighted by Crippen LogP contribution is -2.40. The smallest absolute Gasteiger partial charge is 0.224 e. The predicted octanol–water partition coefficient (Wildman–Crippen LogP) is 2.07. The van der Waals surface area contributed by atoms with Gasteiger partial charge in [0, 0.05) is 18.6 Å². The van der Waals surface area contributed by atoms with E-state index in [1.165, 1.54) is 38.5 Å². The van der Waals surface area contributed by atoms with Crippen LogP contribution in [0.15, 0.2) is 0 Å². The van der Waals surface area contributed by atoms with Gasteiger partial charge in [-0.2, -0.15) is 0 Å². The molecule has 2 aliphatic heterocycles. The van der Waals surface area contributed by atoms with Crippen LogP contribution in [0.3, 0.4) is 0 Å². The number of carbonyl (C=O) groups excluding carboxylic acids is 1. The van der Waals surface area contributed by atoms with Crippen molar-refractivity contribution >= 4 is 5.91 Å². The Morgan fingerprint density at radius 1 is 1.22 bits per heavy atom. The zero-order chi connectivity index (χ0) is 12.5. The highest BCUT2D eigenvalue weighted by Gasteiger charge is 2.42. The summed E-state index contributed by atoms with van der Waals surface area (Å²) in [5.74, 6) is 2.07. The summed E-state index contributed by atoms with van der Waals surface area (Å²) in [4.78, 5) is 12.2. The van der Waals surface area contributed by atoms with Gasteiger partial charge in [0.15, 0.2) is 0 Å². The number of amides is 1. The molecule has 1 amide bonds. The topological polar surface area (TPSA) is 41.1 Å². The summed E-state index contributed by atoms with van der Waals surface area (Å²) in [5, 5.41) is 6.78. The summed E-state index contributed by atoms with van der Waals surface area (Å²) < 4.78 is 0. The Balaban J connectivity index is 1.46. The van der Waals surface area contributed by atoms with Gasteiger partial charge in [-0.15, -0.1) is 0 Å². The number of hydrogen-bond donors (Lipinski definition) is 2. The van der Waals surface area contributed by atoms with Gasteiger partial charge in [-0.3, -0.25) is 4.79 Å². The van der Waals surface area contributed by atoms with E-state index in [4.69, 9.17) is 0 Å². The van der Waals surface area contributed by atoms with Crippen molar-refractivity contribution in [3.63, 3.8) is 0 Å². The maximum Gasteiger partial charge on any atom is 0.224 e. The zero-order valence-electron chi connectivity index (χ0n) is 11.5. The van der Waals surface area contributed by atoms with E-state index >= 15 is 0 Å². The molecule has 5 unspecified atom stereocenters. The molecule has 3 fully saturated rings. The van der Waals surface area contributed by atoms with Gasteiger partial charge in [0.1, 0.15) is 0 Å². The first-order valence-corrected chi connectivity index (χ1v) is 7.78. The second kappa shape index (κ2) is 5.20. The Morgan fingerprint density at radius 2 is 2.06 bits per heavy atom. The van der Waals surface area contributed by atoms with E-state index in [-0.39, 0.29) is 5.92 Å². The standard InChI is InChI=1S/C15H26N2O/c1-10-4-2-3-5-11(10)9-16-15(18)13-8-12-6-7-14(13)17-12/h10-14,17H,2-9H2,1H3,(H,16,18). The summed E-state index contributed by atoms with van der Waals surface area (Å²) in [6.07, 6.45) is 8.91. The molecule has 3 heteroatoms. The van der Waals surface area contributed by atoms with Gasteiger partial charge < -0.3 is 10.6 Å². The minimum absolute atomic E-state index is 0.252. The fourth-order valence-electron chi connectivity index (χ4n) is 4.17. The molecule has 3 nitrogen and oxygen atoms in total. The minimum Gasteiger partial charge on any atom is -0.356 e. The molecule has 3 rings (SSSR count). The Labute approximate surface area is 110 Å². The highest BCUT2D eigenvalue weighted by Crippen LogP contribution is 2.33. The van der Waals surface area contributed by atoms with Crippen LogP contribution in [-0.4, -0.2) is 24.5 Å². The fraction of sp³-hybridized carbons (Fsp3) is 0.933. The van der Waals surface area contributed by atoms with E-state index in [0.717, 1.165) is 18.9 Å². The Kier molecular flexibility index (Phi) is 3.60. The SMILES string of the molecule is CC1CCCCC1CNC(=O)C1CC2CCC1N2. The third kappa shape index (κ3) is 2.42. The number of fused-ring (bicyclic) bond motifs is 2. The highest BCUT2D eigenvalue weighted by atomic mass is 16.1. The lowest BCUT2D eigenvalue weighted by Gasteiger charge is -2.29. The van der Waals surface area contributed by atoms with E-state index in [0.29, 0.717) is 23.9 Å². The monoisotopic (exact) mass is 250 g/mol. The number of hydrogen-bond acceptors (Lipinski definition) is 2. The zero-order valence-corrected chi connectivity index (χ0v) is 11.5. The summed E-state index contributed by atoms with van der Waals surface area (Å²) >= 11 is 0. The van der Waals surface area contributed by atoms with Crippen LogP contribution in [0.2, 0.25) is 0 Å². The Morgan fingerprint density at radius 3 is 2.72 bits per heavy atom. The molecule has 0 spiro atoms. The lowest BCUT2D eigenvalue weighted by molar-refractivity contribution is -0.125. The molecule has 18 heavy (non-hydrogen) atoms. The van der Waals surface area contributed by atoms with Crippen molar-refractivity contribution in [2.45, 2.75) is 64.0 Å². The fourth-order valence-corrected chi connectivity index (χ4v) is 4.17. The summed E-state index contributed by atoms with van der Waals surface area (Å²) in [6.45, 7) is 3.25. The third-order valence-electron chi connectivity index (χ3n) is 5.46. The van der Waals surface area contributed by atoms with Crippen LogP contribution in [0.4, 0.5) is 0 Å². The summed E-state index contributed by atoms with van der Waals surface area (Å²) in [5.41, 5.74) is 0. The molecule has 0 aromatic heterocycles.